The van der Waals surface area contributed by atoms with E-state index in [1.165, 1.54) is 25.3 Å². The smallest absolute Gasteiger partial charge is 0.165 e. The van der Waals surface area contributed by atoms with E-state index in [0.717, 1.165) is 0 Å². The van der Waals surface area contributed by atoms with E-state index in [1.807, 2.05) is 0 Å². The summed E-state index contributed by atoms with van der Waals surface area (Å²) in [4.78, 5) is 0. The molecule has 1 aromatic carbocycles. The average molecular weight is 224 g/mol. The highest BCUT2D eigenvalue weighted by molar-refractivity contribution is 5.85. The Labute approximate surface area is 87.5 Å². The van der Waals surface area contributed by atoms with Crippen molar-refractivity contribution < 1.29 is 13.5 Å². The zero-order valence-electron chi connectivity index (χ0n) is 7.67. The second kappa shape index (κ2) is 5.78. The Bertz CT molecular complexity index is 296. The largest absolute Gasteiger partial charge is 0.494 e. The van der Waals surface area contributed by atoms with Crippen molar-refractivity contribution in [2.45, 2.75) is 6.04 Å². The third-order valence-electron chi connectivity index (χ3n) is 1.77. The van der Waals surface area contributed by atoms with E-state index in [4.69, 9.17) is 10.5 Å². The highest BCUT2D eigenvalue weighted by Gasteiger charge is 2.09. The monoisotopic (exact) mass is 223 g/mol. The molecular weight excluding hydrogens is 212 g/mol. The van der Waals surface area contributed by atoms with Crippen LogP contribution < -0.4 is 10.5 Å². The minimum atomic E-state index is -0.713. The van der Waals surface area contributed by atoms with Crippen molar-refractivity contribution in [3.63, 3.8) is 0 Å². The summed E-state index contributed by atoms with van der Waals surface area (Å²) in [5.74, 6) is -0.390. The molecule has 0 radical (unpaired) electrons. The minimum absolute atomic E-state index is 0. The number of methoxy groups -OCH3 is 1. The molecule has 0 spiro atoms. The fraction of sp³-hybridized carbons (Fsp3) is 0.333. The third kappa shape index (κ3) is 2.82. The summed E-state index contributed by atoms with van der Waals surface area (Å²) in [6.07, 6.45) is 0. The number of nitrogens with two attached hydrogens (primary N) is 1. The SMILES string of the molecule is COc1cc([C@H](N)CF)ccc1F.Cl. The quantitative estimate of drug-likeness (QED) is 0.853. The maximum absolute atomic E-state index is 12.9. The van der Waals surface area contributed by atoms with Crippen LogP contribution in [-0.4, -0.2) is 13.8 Å². The van der Waals surface area contributed by atoms with Crippen molar-refractivity contribution >= 4 is 12.4 Å². The molecule has 1 rings (SSSR count). The maximum atomic E-state index is 12.9. The normalized spacial score (nSPS) is 11.7. The Morgan fingerprint density at radius 2 is 2.14 bits per heavy atom. The molecule has 0 bridgehead atoms. The van der Waals surface area contributed by atoms with Crippen LogP contribution in [0.15, 0.2) is 18.2 Å². The Morgan fingerprint density at radius 3 is 2.64 bits per heavy atom. The molecule has 0 aliphatic heterocycles. The Hall–Kier alpha value is -0.870. The summed E-state index contributed by atoms with van der Waals surface area (Å²) < 4.78 is 29.8. The molecule has 80 valence electrons. The summed E-state index contributed by atoms with van der Waals surface area (Å²) in [6.45, 7) is -0.672. The zero-order valence-corrected chi connectivity index (χ0v) is 8.48. The molecule has 5 heteroatoms. The van der Waals surface area contributed by atoms with Crippen LogP contribution in [0.25, 0.3) is 0 Å². The van der Waals surface area contributed by atoms with E-state index in [-0.39, 0.29) is 18.2 Å². The van der Waals surface area contributed by atoms with Crippen molar-refractivity contribution in [3.05, 3.63) is 29.6 Å². The van der Waals surface area contributed by atoms with Crippen LogP contribution in [0.3, 0.4) is 0 Å². The lowest BCUT2D eigenvalue weighted by molar-refractivity contribution is 0.383. The van der Waals surface area contributed by atoms with Gasteiger partial charge in [0.05, 0.1) is 13.2 Å². The van der Waals surface area contributed by atoms with Crippen LogP contribution >= 0.6 is 12.4 Å². The van der Waals surface area contributed by atoms with E-state index in [2.05, 4.69) is 0 Å². The fourth-order valence-electron chi connectivity index (χ4n) is 0.996. The van der Waals surface area contributed by atoms with Crippen LogP contribution in [0.5, 0.6) is 5.75 Å². The van der Waals surface area contributed by atoms with Crippen LogP contribution in [-0.2, 0) is 0 Å². The second-order valence-electron chi connectivity index (χ2n) is 2.65. The van der Waals surface area contributed by atoms with Gasteiger partial charge in [0.25, 0.3) is 0 Å². The number of hydrogen-bond acceptors (Lipinski definition) is 2. The molecule has 0 saturated heterocycles. The summed E-state index contributed by atoms with van der Waals surface area (Å²) >= 11 is 0. The van der Waals surface area contributed by atoms with E-state index < -0.39 is 18.5 Å². The topological polar surface area (TPSA) is 35.2 Å². The molecule has 0 saturated carbocycles. The predicted octanol–water partition coefficient (Wildman–Crippen LogP) is 2.23. The van der Waals surface area contributed by atoms with Gasteiger partial charge in [-0.1, -0.05) is 6.07 Å². The van der Waals surface area contributed by atoms with Gasteiger partial charge in [-0.15, -0.1) is 12.4 Å². The molecule has 2 nitrogen and oxygen atoms in total. The molecule has 14 heavy (non-hydrogen) atoms. The van der Waals surface area contributed by atoms with Gasteiger partial charge >= 0.3 is 0 Å². The van der Waals surface area contributed by atoms with Crippen molar-refractivity contribution in [3.8, 4) is 5.75 Å². The number of ether oxygens (including phenoxy) is 1. The lowest BCUT2D eigenvalue weighted by Crippen LogP contribution is -2.12. The molecule has 0 amide bonds. The molecule has 1 atom stereocenters. The van der Waals surface area contributed by atoms with Crippen LogP contribution in [0.4, 0.5) is 8.78 Å². The molecule has 1 aromatic rings. The maximum Gasteiger partial charge on any atom is 0.165 e. The predicted molar refractivity (Wildman–Crippen MR) is 53.1 cm³/mol. The summed E-state index contributed by atoms with van der Waals surface area (Å²) in [5.41, 5.74) is 5.94. The van der Waals surface area contributed by atoms with Gasteiger partial charge in [0.1, 0.15) is 6.67 Å². The van der Waals surface area contributed by atoms with Crippen molar-refractivity contribution in [2.24, 2.45) is 5.73 Å². The highest BCUT2D eigenvalue weighted by Crippen LogP contribution is 2.21. The Kier molecular flexibility index (Phi) is 5.42. The molecule has 0 aliphatic carbocycles. The number of benzene rings is 1. The Morgan fingerprint density at radius 1 is 1.50 bits per heavy atom. The van der Waals surface area contributed by atoms with Crippen LogP contribution in [0.1, 0.15) is 11.6 Å². The number of rotatable bonds is 3. The molecule has 0 aromatic heterocycles. The second-order valence-corrected chi connectivity index (χ2v) is 2.65. The summed E-state index contributed by atoms with van der Waals surface area (Å²) in [5, 5.41) is 0. The van der Waals surface area contributed by atoms with E-state index in [1.54, 1.807) is 0 Å². The van der Waals surface area contributed by atoms with Gasteiger partial charge in [0, 0.05) is 0 Å². The van der Waals surface area contributed by atoms with Gasteiger partial charge in [-0.05, 0) is 17.7 Å². The molecular formula is C9H12ClF2NO. The highest BCUT2D eigenvalue weighted by atomic mass is 35.5. The summed E-state index contributed by atoms with van der Waals surface area (Å²) in [6, 6.07) is 3.35. The lowest BCUT2D eigenvalue weighted by Gasteiger charge is -2.09. The minimum Gasteiger partial charge on any atom is -0.494 e. The summed E-state index contributed by atoms with van der Waals surface area (Å²) in [7, 11) is 1.35. The van der Waals surface area contributed by atoms with Crippen LogP contribution in [0.2, 0.25) is 0 Å². The first-order valence-corrected chi connectivity index (χ1v) is 3.84. The van der Waals surface area contributed by atoms with Crippen LogP contribution in [0, 0.1) is 5.82 Å². The van der Waals surface area contributed by atoms with Crippen molar-refractivity contribution in [1.29, 1.82) is 0 Å². The first-order valence-electron chi connectivity index (χ1n) is 3.84. The average Bonchev–Trinajstić information content (AvgIpc) is 2.17. The van der Waals surface area contributed by atoms with E-state index in [9.17, 15) is 8.78 Å². The molecule has 0 aliphatic rings. The molecule has 2 N–H and O–H groups in total. The number of halogens is 3. The molecule has 0 heterocycles. The third-order valence-corrected chi connectivity index (χ3v) is 1.77. The lowest BCUT2D eigenvalue weighted by atomic mass is 10.1. The van der Waals surface area contributed by atoms with Crippen molar-refractivity contribution in [2.75, 3.05) is 13.8 Å². The van der Waals surface area contributed by atoms with Crippen molar-refractivity contribution in [1.82, 2.24) is 0 Å². The molecule has 0 unspecified atom stereocenters. The van der Waals surface area contributed by atoms with Gasteiger partial charge < -0.3 is 10.5 Å². The van der Waals surface area contributed by atoms with E-state index >= 15 is 0 Å². The molecule has 0 fully saturated rings. The number of alkyl halides is 1. The van der Waals surface area contributed by atoms with Gasteiger partial charge in [-0.3, -0.25) is 0 Å². The number of hydrogen-bond donors (Lipinski definition) is 1. The standard InChI is InChI=1S/C9H11F2NO.ClH/c1-13-9-4-6(8(12)5-10)2-3-7(9)11;/h2-4,8H,5,12H2,1H3;1H/t8-;/m1./s1. The van der Waals surface area contributed by atoms with Gasteiger partial charge in [0.15, 0.2) is 11.6 Å². The van der Waals surface area contributed by atoms with Gasteiger partial charge in [0.2, 0.25) is 0 Å². The first-order chi connectivity index (χ1) is 6.19. The first kappa shape index (κ1) is 13.1. The Balaban J connectivity index is 0.00000169. The van der Waals surface area contributed by atoms with E-state index in [0.29, 0.717) is 5.56 Å². The zero-order chi connectivity index (χ0) is 9.84. The fourth-order valence-corrected chi connectivity index (χ4v) is 0.996. The van der Waals surface area contributed by atoms with Gasteiger partial charge in [-0.25, -0.2) is 8.78 Å². The van der Waals surface area contributed by atoms with Gasteiger partial charge in [-0.2, -0.15) is 0 Å².